The van der Waals surface area contributed by atoms with Crippen molar-refractivity contribution in [3.05, 3.63) is 47.1 Å². The second kappa shape index (κ2) is 11.6. The molecular weight excluding hydrogens is 378 g/mol. The molecule has 1 atom stereocenters. The number of amides is 1. The number of aryl methyl sites for hydroxylation is 1. The van der Waals surface area contributed by atoms with E-state index < -0.39 is 0 Å². The molecule has 3 N–H and O–H groups in total. The summed E-state index contributed by atoms with van der Waals surface area (Å²) in [5.41, 5.74) is 7.66. The maximum atomic E-state index is 13.2. The lowest BCUT2D eigenvalue weighted by Gasteiger charge is -2.31. The van der Waals surface area contributed by atoms with Crippen LogP contribution in [0.3, 0.4) is 0 Å². The minimum atomic E-state index is -0.304. The molecule has 0 radical (unpaired) electrons. The summed E-state index contributed by atoms with van der Waals surface area (Å²) in [6, 6.07) is 4.12. The van der Waals surface area contributed by atoms with Gasteiger partial charge in [-0.15, -0.1) is 0 Å². The summed E-state index contributed by atoms with van der Waals surface area (Å²) in [5, 5.41) is 3.09. The van der Waals surface area contributed by atoms with Crippen molar-refractivity contribution < 1.29 is 9.21 Å². The van der Waals surface area contributed by atoms with Crippen LogP contribution in [0.15, 0.2) is 45.0 Å². The van der Waals surface area contributed by atoms with Gasteiger partial charge in [-0.3, -0.25) is 4.79 Å². The largest absolute Gasteiger partial charge is 0.463 e. The maximum absolute atomic E-state index is 13.2. The third-order valence-electron chi connectivity index (χ3n) is 5.38. The molecule has 1 aromatic rings. The highest BCUT2D eigenvalue weighted by Gasteiger charge is 2.25. The Morgan fingerprint density at radius 2 is 1.97 bits per heavy atom. The van der Waals surface area contributed by atoms with Crippen molar-refractivity contribution in [3.8, 4) is 0 Å². The standard InChI is InChI=1S/C21H31N5O2.C2H6/c1-14(22-3)12-16(21(27)26(4)17-8-6-5-7-9-17)13-19-23-20(25-24-19)18-11-10-15(2)28-18;1-2/h10-13,17,20,22,25H,5-9H2,1-4H3,(H,23,24);1-2H3/b14-12+,16-13+;. The van der Waals surface area contributed by atoms with Crippen LogP contribution in [0.25, 0.3) is 0 Å². The van der Waals surface area contributed by atoms with Crippen LogP contribution in [0.4, 0.5) is 0 Å². The van der Waals surface area contributed by atoms with Crippen LogP contribution in [-0.2, 0) is 4.79 Å². The normalized spacial score (nSPS) is 20.1. The van der Waals surface area contributed by atoms with E-state index >= 15 is 0 Å². The topological polar surface area (TPSA) is 81.9 Å². The quantitative estimate of drug-likeness (QED) is 0.484. The number of nitrogens with one attached hydrogen (secondary N) is 3. The SMILES string of the molecule is CC.CN/C(C)=C/C(=C\C1=NC(c2ccc(C)o2)NN1)C(=O)N(C)C1CCCCC1. The summed E-state index contributed by atoms with van der Waals surface area (Å²) in [7, 11) is 3.76. The molecule has 1 aromatic heterocycles. The number of hydrazine groups is 1. The number of allylic oxidation sites excluding steroid dienone is 1. The first-order chi connectivity index (χ1) is 14.5. The smallest absolute Gasteiger partial charge is 0.254 e. The highest BCUT2D eigenvalue weighted by molar-refractivity contribution is 6.05. The Kier molecular flexibility index (Phi) is 9.17. The summed E-state index contributed by atoms with van der Waals surface area (Å²) < 4.78 is 5.64. The average Bonchev–Trinajstić information content (AvgIpc) is 3.43. The van der Waals surface area contributed by atoms with Gasteiger partial charge in [0.05, 0.1) is 0 Å². The van der Waals surface area contributed by atoms with E-state index in [0.29, 0.717) is 17.5 Å². The lowest BCUT2D eigenvalue weighted by atomic mass is 9.94. The van der Waals surface area contributed by atoms with Crippen LogP contribution in [-0.4, -0.2) is 36.8 Å². The minimum Gasteiger partial charge on any atom is -0.463 e. The lowest BCUT2D eigenvalue weighted by Crippen LogP contribution is -2.39. The van der Waals surface area contributed by atoms with Gasteiger partial charge in [0.15, 0.2) is 6.17 Å². The first-order valence-electron chi connectivity index (χ1n) is 11.0. The van der Waals surface area contributed by atoms with Crippen molar-refractivity contribution in [2.24, 2.45) is 4.99 Å². The van der Waals surface area contributed by atoms with Crippen molar-refractivity contribution in [1.82, 2.24) is 21.1 Å². The van der Waals surface area contributed by atoms with Crippen LogP contribution < -0.4 is 16.2 Å². The van der Waals surface area contributed by atoms with Crippen molar-refractivity contribution in [1.29, 1.82) is 0 Å². The molecule has 3 rings (SSSR count). The fraction of sp³-hybridized carbons (Fsp3) is 0.565. The van der Waals surface area contributed by atoms with E-state index in [9.17, 15) is 4.79 Å². The number of aliphatic imine (C=N–C) groups is 1. The number of likely N-dealkylation sites (N-methyl/N-ethyl adjacent to an activating group) is 1. The Morgan fingerprint density at radius 1 is 1.27 bits per heavy atom. The summed E-state index contributed by atoms with van der Waals surface area (Å²) in [4.78, 5) is 19.7. The van der Waals surface area contributed by atoms with Gasteiger partial charge < -0.3 is 20.1 Å². The Labute approximate surface area is 180 Å². The number of furan rings is 1. The van der Waals surface area contributed by atoms with Crippen LogP contribution in [0.5, 0.6) is 0 Å². The minimum absolute atomic E-state index is 0.0169. The van der Waals surface area contributed by atoms with Gasteiger partial charge in [-0.05, 0) is 51.0 Å². The number of amidine groups is 1. The molecule has 7 heteroatoms. The van der Waals surface area contributed by atoms with Gasteiger partial charge in [0.1, 0.15) is 17.4 Å². The van der Waals surface area contributed by atoms with E-state index in [0.717, 1.165) is 30.1 Å². The Balaban J connectivity index is 0.00000155. The van der Waals surface area contributed by atoms with E-state index in [-0.39, 0.29) is 12.1 Å². The number of carbonyl (C=O) groups excluding carboxylic acids is 1. The molecule has 2 heterocycles. The summed E-state index contributed by atoms with van der Waals surface area (Å²) in [5.74, 6) is 2.21. The zero-order valence-corrected chi connectivity index (χ0v) is 19.2. The van der Waals surface area contributed by atoms with Crippen LogP contribution in [0, 0.1) is 6.92 Å². The molecule has 1 amide bonds. The third kappa shape index (κ3) is 6.23. The third-order valence-corrected chi connectivity index (χ3v) is 5.38. The zero-order valence-electron chi connectivity index (χ0n) is 19.2. The van der Waals surface area contributed by atoms with E-state index in [1.54, 1.807) is 6.08 Å². The Bertz CT molecular complexity index is 787. The molecule has 1 unspecified atom stereocenters. The van der Waals surface area contributed by atoms with Gasteiger partial charge in [0.25, 0.3) is 5.91 Å². The number of hydrogen-bond acceptors (Lipinski definition) is 6. The van der Waals surface area contributed by atoms with Crippen molar-refractivity contribution in [2.45, 2.75) is 72.0 Å². The van der Waals surface area contributed by atoms with E-state index in [1.807, 2.05) is 64.9 Å². The number of rotatable bonds is 6. The molecule has 0 spiro atoms. The maximum Gasteiger partial charge on any atom is 0.254 e. The molecule has 0 saturated heterocycles. The number of hydrogen-bond donors (Lipinski definition) is 3. The fourth-order valence-corrected chi connectivity index (χ4v) is 3.61. The number of carbonyl (C=O) groups is 1. The molecule has 1 aliphatic carbocycles. The summed E-state index contributed by atoms with van der Waals surface area (Å²) >= 11 is 0. The fourth-order valence-electron chi connectivity index (χ4n) is 3.61. The van der Waals surface area contributed by atoms with Gasteiger partial charge >= 0.3 is 0 Å². The zero-order chi connectivity index (χ0) is 22.1. The second-order valence-corrected chi connectivity index (χ2v) is 7.52. The van der Waals surface area contributed by atoms with Gasteiger partial charge in [0.2, 0.25) is 0 Å². The molecule has 30 heavy (non-hydrogen) atoms. The van der Waals surface area contributed by atoms with Gasteiger partial charge in [-0.1, -0.05) is 33.1 Å². The molecule has 0 aromatic carbocycles. The van der Waals surface area contributed by atoms with Crippen molar-refractivity contribution in [2.75, 3.05) is 14.1 Å². The van der Waals surface area contributed by atoms with E-state index in [1.165, 1.54) is 19.3 Å². The average molecular weight is 416 g/mol. The molecule has 7 nitrogen and oxygen atoms in total. The molecule has 1 aliphatic heterocycles. The lowest BCUT2D eigenvalue weighted by molar-refractivity contribution is -0.128. The predicted molar refractivity (Wildman–Crippen MR) is 122 cm³/mol. The first kappa shape index (κ1) is 23.7. The second-order valence-electron chi connectivity index (χ2n) is 7.52. The predicted octanol–water partition coefficient (Wildman–Crippen LogP) is 3.96. The molecular formula is C23H37N5O2. The highest BCUT2D eigenvalue weighted by atomic mass is 16.3. The molecule has 0 bridgehead atoms. The van der Waals surface area contributed by atoms with Gasteiger partial charge in [-0.25, -0.2) is 10.4 Å². The molecule has 2 aliphatic rings. The highest BCUT2D eigenvalue weighted by Crippen LogP contribution is 2.24. The Hall–Kier alpha value is -2.54. The van der Waals surface area contributed by atoms with Gasteiger partial charge in [0, 0.05) is 31.4 Å². The van der Waals surface area contributed by atoms with Crippen molar-refractivity contribution in [3.63, 3.8) is 0 Å². The molecule has 1 saturated carbocycles. The summed E-state index contributed by atoms with van der Waals surface area (Å²) in [6.45, 7) is 7.85. The Morgan fingerprint density at radius 3 is 2.57 bits per heavy atom. The molecule has 166 valence electrons. The van der Waals surface area contributed by atoms with Gasteiger partial charge in [-0.2, -0.15) is 0 Å². The van der Waals surface area contributed by atoms with Crippen LogP contribution >= 0.6 is 0 Å². The first-order valence-corrected chi connectivity index (χ1v) is 11.0. The summed E-state index contributed by atoms with van der Waals surface area (Å²) in [6.07, 6.45) is 9.16. The van der Waals surface area contributed by atoms with E-state index in [4.69, 9.17) is 4.42 Å². The monoisotopic (exact) mass is 415 g/mol. The van der Waals surface area contributed by atoms with Crippen LogP contribution in [0.2, 0.25) is 0 Å². The van der Waals surface area contributed by atoms with Crippen LogP contribution in [0.1, 0.15) is 70.6 Å². The van der Waals surface area contributed by atoms with Crippen molar-refractivity contribution >= 4 is 11.7 Å². The molecule has 1 fully saturated rings. The number of nitrogens with zero attached hydrogens (tertiary/aromatic N) is 2. The van der Waals surface area contributed by atoms with E-state index in [2.05, 4.69) is 21.2 Å².